The number of aromatic amines is 1. The first-order valence-corrected chi connectivity index (χ1v) is 6.68. The van der Waals surface area contributed by atoms with Crippen LogP contribution in [0.3, 0.4) is 0 Å². The van der Waals surface area contributed by atoms with E-state index in [-0.39, 0.29) is 0 Å². The fourth-order valence-corrected chi connectivity index (χ4v) is 2.07. The van der Waals surface area contributed by atoms with E-state index in [9.17, 15) is 0 Å². The monoisotopic (exact) mass is 262 g/mol. The second-order valence-electron chi connectivity index (χ2n) is 4.94. The first-order chi connectivity index (χ1) is 9.08. The van der Waals surface area contributed by atoms with Crippen molar-refractivity contribution in [3.8, 4) is 0 Å². The van der Waals surface area contributed by atoms with Crippen molar-refractivity contribution in [2.24, 2.45) is 0 Å². The summed E-state index contributed by atoms with van der Waals surface area (Å²) in [6.45, 7) is 8.78. The van der Waals surface area contributed by atoms with Crippen LogP contribution in [0.4, 0.5) is 0 Å². The van der Waals surface area contributed by atoms with Crippen LogP contribution in [-0.4, -0.2) is 43.5 Å². The summed E-state index contributed by atoms with van der Waals surface area (Å²) in [5.41, 5.74) is 2.28. The third-order valence-electron chi connectivity index (χ3n) is 3.11. The number of aromatic nitrogens is 5. The lowest BCUT2D eigenvalue weighted by Gasteiger charge is -2.15. The fraction of sp³-hybridized carbons (Fsp3) is 0.615. The highest BCUT2D eigenvalue weighted by Crippen LogP contribution is 2.03. The van der Waals surface area contributed by atoms with Gasteiger partial charge in [0.15, 0.2) is 0 Å². The van der Waals surface area contributed by atoms with Gasteiger partial charge in [-0.3, -0.25) is 14.7 Å². The number of likely N-dealkylation sites (N-methyl/N-ethyl adjacent to an activating group) is 1. The van der Waals surface area contributed by atoms with E-state index in [0.29, 0.717) is 0 Å². The SMILES string of the molecule is CCc1n[nH]c(CN(C)CCn2nc(C)cc2C)n1. The van der Waals surface area contributed by atoms with Gasteiger partial charge in [0.1, 0.15) is 11.6 Å². The molecule has 0 bridgehead atoms. The van der Waals surface area contributed by atoms with E-state index in [0.717, 1.165) is 43.4 Å². The van der Waals surface area contributed by atoms with Crippen molar-refractivity contribution in [1.82, 2.24) is 29.9 Å². The van der Waals surface area contributed by atoms with Crippen LogP contribution in [0.5, 0.6) is 0 Å². The van der Waals surface area contributed by atoms with Crippen LogP contribution in [0.25, 0.3) is 0 Å². The van der Waals surface area contributed by atoms with Crippen LogP contribution in [-0.2, 0) is 19.5 Å². The molecule has 0 aromatic carbocycles. The van der Waals surface area contributed by atoms with Gasteiger partial charge in [-0.15, -0.1) is 0 Å². The largest absolute Gasteiger partial charge is 0.297 e. The molecule has 2 rings (SSSR count). The summed E-state index contributed by atoms with van der Waals surface area (Å²) in [4.78, 5) is 6.63. The second kappa shape index (κ2) is 5.97. The van der Waals surface area contributed by atoms with Gasteiger partial charge in [-0.1, -0.05) is 6.92 Å². The van der Waals surface area contributed by atoms with Crippen molar-refractivity contribution >= 4 is 0 Å². The van der Waals surface area contributed by atoms with Gasteiger partial charge in [-0.25, -0.2) is 4.98 Å². The van der Waals surface area contributed by atoms with Crippen molar-refractivity contribution in [3.05, 3.63) is 29.1 Å². The van der Waals surface area contributed by atoms with Crippen LogP contribution in [0.15, 0.2) is 6.07 Å². The normalized spacial score (nSPS) is 11.4. The Morgan fingerprint density at radius 3 is 2.74 bits per heavy atom. The summed E-state index contributed by atoms with van der Waals surface area (Å²) < 4.78 is 2.05. The first-order valence-electron chi connectivity index (χ1n) is 6.68. The van der Waals surface area contributed by atoms with E-state index < -0.39 is 0 Å². The fourth-order valence-electron chi connectivity index (χ4n) is 2.07. The number of nitrogens with one attached hydrogen (secondary N) is 1. The second-order valence-corrected chi connectivity index (χ2v) is 4.94. The number of H-pyrrole nitrogens is 1. The van der Waals surface area contributed by atoms with E-state index in [1.54, 1.807) is 0 Å². The van der Waals surface area contributed by atoms with Gasteiger partial charge in [0, 0.05) is 18.7 Å². The molecule has 2 aromatic heterocycles. The smallest absolute Gasteiger partial charge is 0.150 e. The Bertz CT molecular complexity index is 527. The van der Waals surface area contributed by atoms with Gasteiger partial charge < -0.3 is 0 Å². The molecule has 19 heavy (non-hydrogen) atoms. The zero-order valence-electron chi connectivity index (χ0n) is 12.1. The quantitative estimate of drug-likeness (QED) is 0.852. The Morgan fingerprint density at radius 2 is 2.16 bits per heavy atom. The lowest BCUT2D eigenvalue weighted by molar-refractivity contribution is 0.297. The molecule has 2 heterocycles. The number of nitrogens with zero attached hydrogens (tertiary/aromatic N) is 5. The summed E-state index contributed by atoms with van der Waals surface area (Å²) >= 11 is 0. The lowest BCUT2D eigenvalue weighted by atomic mass is 10.4. The molecule has 0 spiro atoms. The van der Waals surface area contributed by atoms with Crippen molar-refractivity contribution in [2.75, 3.05) is 13.6 Å². The van der Waals surface area contributed by atoms with Crippen molar-refractivity contribution in [2.45, 2.75) is 40.3 Å². The molecule has 0 radical (unpaired) electrons. The summed E-state index contributed by atoms with van der Waals surface area (Å²) in [5.74, 6) is 1.80. The van der Waals surface area contributed by atoms with Crippen LogP contribution in [0, 0.1) is 13.8 Å². The predicted octanol–water partition coefficient (Wildman–Crippen LogP) is 1.31. The third-order valence-corrected chi connectivity index (χ3v) is 3.11. The average molecular weight is 262 g/mol. The molecular weight excluding hydrogens is 240 g/mol. The topological polar surface area (TPSA) is 62.6 Å². The number of rotatable bonds is 6. The molecule has 0 aliphatic heterocycles. The molecule has 0 fully saturated rings. The van der Waals surface area contributed by atoms with Crippen LogP contribution in [0.1, 0.15) is 30.0 Å². The maximum absolute atomic E-state index is 4.46. The van der Waals surface area contributed by atoms with Crippen molar-refractivity contribution in [1.29, 1.82) is 0 Å². The van der Waals surface area contributed by atoms with Gasteiger partial charge >= 0.3 is 0 Å². The maximum Gasteiger partial charge on any atom is 0.150 e. The zero-order chi connectivity index (χ0) is 13.8. The molecule has 6 heteroatoms. The molecule has 0 saturated carbocycles. The minimum Gasteiger partial charge on any atom is -0.297 e. The average Bonchev–Trinajstić information content (AvgIpc) is 2.93. The number of aryl methyl sites for hydroxylation is 3. The molecule has 2 aromatic rings. The number of hydrogen-bond donors (Lipinski definition) is 1. The molecule has 0 saturated heterocycles. The third kappa shape index (κ3) is 3.64. The molecule has 1 N–H and O–H groups in total. The zero-order valence-corrected chi connectivity index (χ0v) is 12.1. The Kier molecular flexibility index (Phi) is 4.31. The summed E-state index contributed by atoms with van der Waals surface area (Å²) in [6.07, 6.45) is 0.867. The Hall–Kier alpha value is -1.69. The highest BCUT2D eigenvalue weighted by Gasteiger charge is 2.07. The van der Waals surface area contributed by atoms with Crippen molar-refractivity contribution < 1.29 is 0 Å². The summed E-state index contributed by atoms with van der Waals surface area (Å²) in [5, 5.41) is 11.6. The standard InChI is InChI=1S/C13H22N6/c1-5-12-14-13(16-15-12)9-18(4)6-7-19-11(3)8-10(2)17-19/h8H,5-7,9H2,1-4H3,(H,14,15,16). The van der Waals surface area contributed by atoms with Gasteiger partial charge in [0.25, 0.3) is 0 Å². The molecule has 6 nitrogen and oxygen atoms in total. The van der Waals surface area contributed by atoms with E-state index >= 15 is 0 Å². The van der Waals surface area contributed by atoms with Gasteiger partial charge in [-0.05, 0) is 27.0 Å². The van der Waals surface area contributed by atoms with E-state index in [1.807, 2.05) is 11.6 Å². The van der Waals surface area contributed by atoms with Crippen LogP contribution >= 0.6 is 0 Å². The van der Waals surface area contributed by atoms with Gasteiger partial charge in [-0.2, -0.15) is 10.2 Å². The molecule has 0 atom stereocenters. The van der Waals surface area contributed by atoms with E-state index in [1.165, 1.54) is 5.69 Å². The molecule has 0 unspecified atom stereocenters. The van der Waals surface area contributed by atoms with Gasteiger partial charge in [0.05, 0.1) is 18.8 Å². The molecular formula is C13H22N6. The Labute approximate surface area is 113 Å². The van der Waals surface area contributed by atoms with E-state index in [2.05, 4.69) is 52.1 Å². The van der Waals surface area contributed by atoms with E-state index in [4.69, 9.17) is 0 Å². The lowest BCUT2D eigenvalue weighted by Crippen LogP contribution is -2.24. The molecule has 104 valence electrons. The first kappa shape index (κ1) is 13.7. The summed E-state index contributed by atoms with van der Waals surface area (Å²) in [6, 6.07) is 2.10. The van der Waals surface area contributed by atoms with Crippen LogP contribution < -0.4 is 0 Å². The predicted molar refractivity (Wildman–Crippen MR) is 73.8 cm³/mol. The minimum absolute atomic E-state index is 0.784. The molecule has 0 aliphatic rings. The highest BCUT2D eigenvalue weighted by molar-refractivity contribution is 5.06. The number of hydrogen-bond acceptors (Lipinski definition) is 4. The van der Waals surface area contributed by atoms with Crippen LogP contribution in [0.2, 0.25) is 0 Å². The minimum atomic E-state index is 0.784. The summed E-state index contributed by atoms with van der Waals surface area (Å²) in [7, 11) is 2.08. The Balaban J connectivity index is 1.84. The van der Waals surface area contributed by atoms with Gasteiger partial charge in [0.2, 0.25) is 0 Å². The maximum atomic E-state index is 4.46. The molecule has 0 aliphatic carbocycles. The van der Waals surface area contributed by atoms with Crippen molar-refractivity contribution in [3.63, 3.8) is 0 Å². The highest BCUT2D eigenvalue weighted by atomic mass is 15.3. The molecule has 0 amide bonds. The Morgan fingerprint density at radius 1 is 1.37 bits per heavy atom.